The Morgan fingerprint density at radius 1 is 1.09 bits per heavy atom. The summed E-state index contributed by atoms with van der Waals surface area (Å²) >= 11 is 1.89. The standard InChI is InChI=1S/C20H31NOS/c1-2-3-4-5-6-7-11-14-20(22)21-16-18-23-17-15-19-12-9-8-10-13-19/h8-14H,2-7,15-18H2,1H3,(H,21,22). The minimum atomic E-state index is 0.0437. The Kier molecular flexibility index (Phi) is 12.4. The molecule has 0 fully saturated rings. The lowest BCUT2D eigenvalue weighted by molar-refractivity contribution is -0.116. The smallest absolute Gasteiger partial charge is 0.243 e. The second-order valence-corrected chi connectivity index (χ2v) is 6.97. The number of hydrogen-bond acceptors (Lipinski definition) is 2. The fourth-order valence-corrected chi connectivity index (χ4v) is 3.13. The summed E-state index contributed by atoms with van der Waals surface area (Å²) in [5.74, 6) is 2.12. The van der Waals surface area contributed by atoms with E-state index in [0.717, 1.165) is 30.9 Å². The highest BCUT2D eigenvalue weighted by molar-refractivity contribution is 7.99. The van der Waals surface area contributed by atoms with Crippen LogP contribution in [0.25, 0.3) is 0 Å². The summed E-state index contributed by atoms with van der Waals surface area (Å²) in [7, 11) is 0. The van der Waals surface area contributed by atoms with Gasteiger partial charge in [-0.25, -0.2) is 0 Å². The van der Waals surface area contributed by atoms with Crippen molar-refractivity contribution in [1.29, 1.82) is 0 Å². The van der Waals surface area contributed by atoms with Gasteiger partial charge in [-0.2, -0.15) is 11.8 Å². The van der Waals surface area contributed by atoms with E-state index in [0.29, 0.717) is 0 Å². The van der Waals surface area contributed by atoms with Crippen LogP contribution >= 0.6 is 11.8 Å². The van der Waals surface area contributed by atoms with Gasteiger partial charge in [-0.05, 0) is 36.7 Å². The van der Waals surface area contributed by atoms with Gasteiger partial charge >= 0.3 is 0 Å². The van der Waals surface area contributed by atoms with Crippen LogP contribution in [0.3, 0.4) is 0 Å². The summed E-state index contributed by atoms with van der Waals surface area (Å²) in [6, 6.07) is 10.5. The van der Waals surface area contributed by atoms with Crippen LogP contribution in [0.15, 0.2) is 42.5 Å². The lowest BCUT2D eigenvalue weighted by atomic mass is 10.1. The molecular weight excluding hydrogens is 302 g/mol. The number of thioether (sulfide) groups is 1. The maximum Gasteiger partial charge on any atom is 0.243 e. The van der Waals surface area contributed by atoms with E-state index >= 15 is 0 Å². The Morgan fingerprint density at radius 2 is 1.87 bits per heavy atom. The van der Waals surface area contributed by atoms with E-state index in [2.05, 4.69) is 36.5 Å². The zero-order valence-corrected chi connectivity index (χ0v) is 15.2. The minimum Gasteiger partial charge on any atom is -0.352 e. The second kappa shape index (κ2) is 14.4. The minimum absolute atomic E-state index is 0.0437. The van der Waals surface area contributed by atoms with Crippen molar-refractivity contribution in [3.63, 3.8) is 0 Å². The quantitative estimate of drug-likeness (QED) is 0.407. The molecule has 23 heavy (non-hydrogen) atoms. The van der Waals surface area contributed by atoms with E-state index < -0.39 is 0 Å². The van der Waals surface area contributed by atoms with E-state index in [-0.39, 0.29) is 5.91 Å². The van der Waals surface area contributed by atoms with Crippen molar-refractivity contribution < 1.29 is 4.79 Å². The molecule has 0 spiro atoms. The molecule has 0 atom stereocenters. The topological polar surface area (TPSA) is 29.1 Å². The maximum absolute atomic E-state index is 11.6. The molecule has 0 saturated heterocycles. The van der Waals surface area contributed by atoms with Gasteiger partial charge in [0.25, 0.3) is 0 Å². The summed E-state index contributed by atoms with van der Waals surface area (Å²) in [4.78, 5) is 11.6. The number of benzene rings is 1. The van der Waals surface area contributed by atoms with Crippen LogP contribution in [-0.2, 0) is 11.2 Å². The number of rotatable bonds is 13. The fraction of sp³-hybridized carbons (Fsp3) is 0.550. The molecular formula is C20H31NOS. The van der Waals surface area contributed by atoms with Gasteiger partial charge in [0.1, 0.15) is 0 Å². The Labute approximate surface area is 146 Å². The molecule has 0 aromatic heterocycles. The number of nitrogens with one attached hydrogen (secondary N) is 1. The van der Waals surface area contributed by atoms with E-state index in [4.69, 9.17) is 0 Å². The number of aryl methyl sites for hydroxylation is 1. The van der Waals surface area contributed by atoms with Crippen LogP contribution < -0.4 is 5.32 Å². The molecule has 3 heteroatoms. The van der Waals surface area contributed by atoms with Crippen molar-refractivity contribution in [1.82, 2.24) is 5.32 Å². The highest BCUT2D eigenvalue weighted by Gasteiger charge is 1.96. The first-order valence-electron chi connectivity index (χ1n) is 8.89. The van der Waals surface area contributed by atoms with Crippen molar-refractivity contribution in [2.45, 2.75) is 51.9 Å². The van der Waals surface area contributed by atoms with Crippen LogP contribution in [-0.4, -0.2) is 24.0 Å². The third-order valence-electron chi connectivity index (χ3n) is 3.67. The first-order valence-corrected chi connectivity index (χ1v) is 10.0. The van der Waals surface area contributed by atoms with E-state index in [9.17, 15) is 4.79 Å². The van der Waals surface area contributed by atoms with Gasteiger partial charge in [0.2, 0.25) is 5.91 Å². The molecule has 0 aliphatic carbocycles. The van der Waals surface area contributed by atoms with Crippen LogP contribution in [0.5, 0.6) is 0 Å². The predicted molar refractivity (Wildman–Crippen MR) is 103 cm³/mol. The van der Waals surface area contributed by atoms with Gasteiger partial charge in [0, 0.05) is 12.3 Å². The summed E-state index contributed by atoms with van der Waals surface area (Å²) in [5.41, 5.74) is 1.38. The van der Waals surface area contributed by atoms with Crippen LogP contribution in [0, 0.1) is 0 Å². The largest absolute Gasteiger partial charge is 0.352 e. The molecule has 1 N–H and O–H groups in total. The number of carbonyl (C=O) groups excluding carboxylic acids is 1. The highest BCUT2D eigenvalue weighted by atomic mass is 32.2. The van der Waals surface area contributed by atoms with Crippen LogP contribution in [0.1, 0.15) is 51.0 Å². The van der Waals surface area contributed by atoms with Crippen molar-refractivity contribution in [2.24, 2.45) is 0 Å². The zero-order chi connectivity index (χ0) is 16.6. The molecule has 128 valence electrons. The monoisotopic (exact) mass is 333 g/mol. The molecule has 1 aromatic rings. The van der Waals surface area contributed by atoms with Gasteiger partial charge in [-0.1, -0.05) is 69.0 Å². The molecule has 2 nitrogen and oxygen atoms in total. The third kappa shape index (κ3) is 11.9. The zero-order valence-electron chi connectivity index (χ0n) is 14.4. The average Bonchev–Trinajstić information content (AvgIpc) is 2.58. The van der Waals surface area contributed by atoms with Gasteiger partial charge in [-0.3, -0.25) is 4.79 Å². The van der Waals surface area contributed by atoms with E-state index in [1.807, 2.05) is 23.9 Å². The molecule has 0 heterocycles. The van der Waals surface area contributed by atoms with Gasteiger partial charge < -0.3 is 5.32 Å². The van der Waals surface area contributed by atoms with Gasteiger partial charge in [0.15, 0.2) is 0 Å². The molecule has 1 rings (SSSR count). The summed E-state index contributed by atoms with van der Waals surface area (Å²) in [6.07, 6.45) is 12.2. The summed E-state index contributed by atoms with van der Waals surface area (Å²) < 4.78 is 0. The van der Waals surface area contributed by atoms with Crippen molar-refractivity contribution in [3.8, 4) is 0 Å². The lowest BCUT2D eigenvalue weighted by Crippen LogP contribution is -2.23. The van der Waals surface area contributed by atoms with Crippen molar-refractivity contribution in [2.75, 3.05) is 18.1 Å². The molecule has 0 bridgehead atoms. The normalized spacial score (nSPS) is 11.0. The number of allylic oxidation sites excluding steroid dienone is 1. The number of hydrogen-bond donors (Lipinski definition) is 1. The molecule has 0 unspecified atom stereocenters. The average molecular weight is 334 g/mol. The number of amides is 1. The van der Waals surface area contributed by atoms with Crippen molar-refractivity contribution in [3.05, 3.63) is 48.0 Å². The summed E-state index contributed by atoms with van der Waals surface area (Å²) in [5, 5.41) is 2.95. The highest BCUT2D eigenvalue weighted by Crippen LogP contribution is 2.06. The van der Waals surface area contributed by atoms with Crippen LogP contribution in [0.4, 0.5) is 0 Å². The first kappa shape index (κ1) is 19.8. The molecule has 0 aliphatic heterocycles. The maximum atomic E-state index is 11.6. The second-order valence-electron chi connectivity index (χ2n) is 5.74. The molecule has 0 radical (unpaired) electrons. The Bertz CT molecular complexity index is 431. The first-order chi connectivity index (χ1) is 11.3. The Morgan fingerprint density at radius 3 is 2.65 bits per heavy atom. The Balaban J connectivity index is 1.91. The van der Waals surface area contributed by atoms with Gasteiger partial charge in [0.05, 0.1) is 0 Å². The number of unbranched alkanes of at least 4 members (excludes halogenated alkanes) is 5. The lowest BCUT2D eigenvalue weighted by Gasteiger charge is -2.03. The van der Waals surface area contributed by atoms with Gasteiger partial charge in [-0.15, -0.1) is 0 Å². The third-order valence-corrected chi connectivity index (χ3v) is 4.65. The molecule has 1 amide bonds. The molecule has 1 aromatic carbocycles. The number of carbonyl (C=O) groups is 1. The van der Waals surface area contributed by atoms with E-state index in [1.165, 1.54) is 37.7 Å². The molecule has 0 saturated carbocycles. The SMILES string of the molecule is CCCCCCCC=CC(=O)NCCSCCc1ccccc1. The van der Waals surface area contributed by atoms with Crippen molar-refractivity contribution >= 4 is 17.7 Å². The van der Waals surface area contributed by atoms with E-state index in [1.54, 1.807) is 6.08 Å². The predicted octanol–water partition coefficient (Wildman–Crippen LogP) is 5.00. The fourth-order valence-electron chi connectivity index (χ4n) is 2.30. The Hall–Kier alpha value is -1.22. The van der Waals surface area contributed by atoms with Crippen LogP contribution in [0.2, 0.25) is 0 Å². The summed E-state index contributed by atoms with van der Waals surface area (Å²) in [6.45, 7) is 2.98. The molecule has 0 aliphatic rings.